The van der Waals surface area contributed by atoms with E-state index in [0.29, 0.717) is 6.61 Å². The van der Waals surface area contributed by atoms with Gasteiger partial charge in [0, 0.05) is 6.42 Å². The molecular formula is C10H10BrNO2. The first-order valence-electron chi connectivity index (χ1n) is 4.40. The Balaban J connectivity index is 1.79. The van der Waals surface area contributed by atoms with Gasteiger partial charge in [-0.15, -0.1) is 0 Å². The molecule has 2 rings (SSSR count). The molecule has 0 bridgehead atoms. The molecule has 1 aromatic rings. The molecule has 0 N–H and O–H groups in total. The standard InChI is InChI=1S/C10H10BrNO2/c11-10-6-9(14-12-10)7-13-8-4-2-1-3-5-8/h1-5,9H,6-7H2. The van der Waals surface area contributed by atoms with Crippen LogP contribution in [0.5, 0.6) is 5.75 Å². The third-order valence-electron chi connectivity index (χ3n) is 1.88. The van der Waals surface area contributed by atoms with Gasteiger partial charge in [0.05, 0.1) is 0 Å². The molecule has 4 heteroatoms. The molecule has 1 atom stereocenters. The van der Waals surface area contributed by atoms with Crippen molar-refractivity contribution in [3.8, 4) is 5.75 Å². The summed E-state index contributed by atoms with van der Waals surface area (Å²) >= 11 is 3.27. The molecule has 1 aromatic carbocycles. The summed E-state index contributed by atoms with van der Waals surface area (Å²) in [4.78, 5) is 5.10. The van der Waals surface area contributed by atoms with E-state index in [9.17, 15) is 0 Å². The van der Waals surface area contributed by atoms with Crippen LogP contribution in [0.15, 0.2) is 35.5 Å². The van der Waals surface area contributed by atoms with Crippen LogP contribution in [0.1, 0.15) is 6.42 Å². The lowest BCUT2D eigenvalue weighted by Crippen LogP contribution is -2.17. The Bertz CT molecular complexity index is 326. The van der Waals surface area contributed by atoms with Gasteiger partial charge in [-0.25, -0.2) is 0 Å². The van der Waals surface area contributed by atoms with Gasteiger partial charge in [0.2, 0.25) is 0 Å². The number of halogens is 1. The average Bonchev–Trinajstić information content (AvgIpc) is 2.63. The minimum Gasteiger partial charge on any atom is -0.490 e. The maximum atomic E-state index is 5.52. The number of oxime groups is 1. The lowest BCUT2D eigenvalue weighted by Gasteiger charge is -2.09. The van der Waals surface area contributed by atoms with E-state index < -0.39 is 0 Å². The Morgan fingerprint density at radius 3 is 2.86 bits per heavy atom. The maximum absolute atomic E-state index is 5.52. The highest BCUT2D eigenvalue weighted by Gasteiger charge is 2.19. The van der Waals surface area contributed by atoms with Crippen molar-refractivity contribution in [1.29, 1.82) is 0 Å². The summed E-state index contributed by atoms with van der Waals surface area (Å²) in [5, 5.41) is 3.78. The molecule has 0 radical (unpaired) electrons. The number of rotatable bonds is 3. The van der Waals surface area contributed by atoms with E-state index in [1.54, 1.807) is 0 Å². The van der Waals surface area contributed by atoms with Gasteiger partial charge in [-0.3, -0.25) is 0 Å². The largest absolute Gasteiger partial charge is 0.490 e. The summed E-state index contributed by atoms with van der Waals surface area (Å²) in [7, 11) is 0. The minimum atomic E-state index is 0.0320. The summed E-state index contributed by atoms with van der Waals surface area (Å²) < 4.78 is 6.37. The van der Waals surface area contributed by atoms with E-state index in [-0.39, 0.29) is 6.10 Å². The van der Waals surface area contributed by atoms with E-state index >= 15 is 0 Å². The second kappa shape index (κ2) is 4.46. The monoisotopic (exact) mass is 255 g/mol. The van der Waals surface area contributed by atoms with Crippen LogP contribution in [0.25, 0.3) is 0 Å². The maximum Gasteiger partial charge on any atom is 0.167 e. The summed E-state index contributed by atoms with van der Waals surface area (Å²) in [6.45, 7) is 0.530. The number of ether oxygens (including phenoxy) is 1. The van der Waals surface area contributed by atoms with Crippen LogP contribution < -0.4 is 4.74 Å². The molecule has 0 aliphatic carbocycles. The summed E-state index contributed by atoms with van der Waals surface area (Å²) in [6, 6.07) is 9.68. The third-order valence-corrected chi connectivity index (χ3v) is 2.34. The summed E-state index contributed by atoms with van der Waals surface area (Å²) in [5.41, 5.74) is 0. The fraction of sp³-hybridized carbons (Fsp3) is 0.300. The smallest absolute Gasteiger partial charge is 0.167 e. The zero-order valence-electron chi connectivity index (χ0n) is 7.52. The third kappa shape index (κ3) is 2.48. The van der Waals surface area contributed by atoms with Crippen LogP contribution in [-0.4, -0.2) is 17.3 Å². The van der Waals surface area contributed by atoms with Gasteiger partial charge in [0.1, 0.15) is 17.0 Å². The quantitative estimate of drug-likeness (QED) is 0.832. The Morgan fingerprint density at radius 1 is 1.43 bits per heavy atom. The van der Waals surface area contributed by atoms with Crippen molar-refractivity contribution >= 4 is 20.6 Å². The van der Waals surface area contributed by atoms with Crippen LogP contribution in [0, 0.1) is 0 Å². The van der Waals surface area contributed by atoms with Gasteiger partial charge in [-0.1, -0.05) is 23.4 Å². The number of benzene rings is 1. The van der Waals surface area contributed by atoms with E-state index in [2.05, 4.69) is 21.1 Å². The Labute approximate surface area is 90.8 Å². The van der Waals surface area contributed by atoms with E-state index in [1.807, 2.05) is 30.3 Å². The predicted molar refractivity (Wildman–Crippen MR) is 57.8 cm³/mol. The summed E-state index contributed by atoms with van der Waals surface area (Å²) in [5.74, 6) is 0.860. The molecule has 0 fully saturated rings. The van der Waals surface area contributed by atoms with Gasteiger partial charge >= 0.3 is 0 Å². The van der Waals surface area contributed by atoms with Gasteiger partial charge < -0.3 is 9.57 Å². The highest BCUT2D eigenvalue weighted by atomic mass is 79.9. The van der Waals surface area contributed by atoms with Crippen molar-refractivity contribution in [3.05, 3.63) is 30.3 Å². The van der Waals surface area contributed by atoms with E-state index in [1.165, 1.54) is 0 Å². The van der Waals surface area contributed by atoms with Crippen LogP contribution in [0.3, 0.4) is 0 Å². The Kier molecular flexibility index (Phi) is 3.03. The SMILES string of the molecule is BrC1=NOC(COc2ccccc2)C1. The molecule has 0 spiro atoms. The molecular weight excluding hydrogens is 246 g/mol. The highest BCUT2D eigenvalue weighted by molar-refractivity contribution is 9.18. The second-order valence-corrected chi connectivity index (χ2v) is 3.94. The minimum absolute atomic E-state index is 0.0320. The van der Waals surface area contributed by atoms with Crippen LogP contribution in [-0.2, 0) is 4.84 Å². The fourth-order valence-corrected chi connectivity index (χ4v) is 1.63. The Morgan fingerprint density at radius 2 is 2.21 bits per heavy atom. The van der Waals surface area contributed by atoms with Gasteiger partial charge in [-0.2, -0.15) is 0 Å². The van der Waals surface area contributed by atoms with Crippen molar-refractivity contribution in [2.24, 2.45) is 5.16 Å². The number of hydrogen-bond acceptors (Lipinski definition) is 3. The molecule has 1 heterocycles. The van der Waals surface area contributed by atoms with Crippen molar-refractivity contribution in [2.75, 3.05) is 6.61 Å². The molecule has 0 saturated carbocycles. The number of hydrogen-bond donors (Lipinski definition) is 0. The van der Waals surface area contributed by atoms with Gasteiger partial charge in [0.25, 0.3) is 0 Å². The molecule has 14 heavy (non-hydrogen) atoms. The lowest BCUT2D eigenvalue weighted by molar-refractivity contribution is 0.0471. The topological polar surface area (TPSA) is 30.8 Å². The van der Waals surface area contributed by atoms with Gasteiger partial charge in [0.15, 0.2) is 6.10 Å². The first-order chi connectivity index (χ1) is 6.84. The highest BCUT2D eigenvalue weighted by Crippen LogP contribution is 2.16. The van der Waals surface area contributed by atoms with Crippen molar-refractivity contribution < 1.29 is 9.57 Å². The van der Waals surface area contributed by atoms with Crippen LogP contribution >= 0.6 is 15.9 Å². The van der Waals surface area contributed by atoms with Crippen molar-refractivity contribution in [3.63, 3.8) is 0 Å². The fourth-order valence-electron chi connectivity index (χ4n) is 1.19. The molecule has 0 aromatic heterocycles. The zero-order chi connectivity index (χ0) is 9.80. The van der Waals surface area contributed by atoms with Crippen LogP contribution in [0.2, 0.25) is 0 Å². The van der Waals surface area contributed by atoms with E-state index in [4.69, 9.17) is 9.57 Å². The first-order valence-corrected chi connectivity index (χ1v) is 5.20. The predicted octanol–water partition coefficient (Wildman–Crippen LogP) is 2.56. The van der Waals surface area contributed by atoms with Crippen LogP contribution in [0.4, 0.5) is 0 Å². The zero-order valence-corrected chi connectivity index (χ0v) is 9.11. The molecule has 1 aliphatic heterocycles. The van der Waals surface area contributed by atoms with Gasteiger partial charge in [-0.05, 0) is 28.1 Å². The first kappa shape index (κ1) is 9.52. The lowest BCUT2D eigenvalue weighted by atomic mass is 10.3. The second-order valence-electron chi connectivity index (χ2n) is 3.02. The summed E-state index contributed by atoms with van der Waals surface area (Å²) in [6.07, 6.45) is 0.817. The average molecular weight is 256 g/mol. The molecule has 1 unspecified atom stereocenters. The molecule has 0 amide bonds. The molecule has 0 saturated heterocycles. The molecule has 3 nitrogen and oxygen atoms in total. The normalized spacial score (nSPS) is 20.1. The molecule has 1 aliphatic rings. The number of nitrogens with zero attached hydrogens (tertiary/aromatic N) is 1. The van der Waals surface area contributed by atoms with Crippen molar-refractivity contribution in [1.82, 2.24) is 0 Å². The number of para-hydroxylation sites is 1. The molecule has 74 valence electrons. The van der Waals surface area contributed by atoms with Crippen molar-refractivity contribution in [2.45, 2.75) is 12.5 Å². The van der Waals surface area contributed by atoms with E-state index in [0.717, 1.165) is 16.8 Å². The Hall–Kier alpha value is -1.03.